The number of carbonyl (C=O) groups is 1. The molecule has 0 aliphatic carbocycles. The first-order valence-electron chi connectivity index (χ1n) is 8.72. The van der Waals surface area contributed by atoms with E-state index in [0.29, 0.717) is 18.7 Å². The first-order chi connectivity index (χ1) is 12.9. The van der Waals surface area contributed by atoms with Crippen molar-refractivity contribution in [3.63, 3.8) is 0 Å². The van der Waals surface area contributed by atoms with Gasteiger partial charge in [0.15, 0.2) is 0 Å². The molecular weight excluding hydrogens is 369 g/mol. The van der Waals surface area contributed by atoms with Crippen molar-refractivity contribution in [2.75, 3.05) is 37.9 Å². The number of rotatable bonds is 4. The summed E-state index contributed by atoms with van der Waals surface area (Å²) in [6.45, 7) is 2.93. The molecule has 1 aliphatic rings. The number of carbonyl (C=O) groups excluding carboxylic acids is 1. The number of likely N-dealkylation sites (N-methyl/N-ethyl adjacent to an activating group) is 1. The second kappa shape index (κ2) is 8.06. The van der Waals surface area contributed by atoms with Gasteiger partial charge in [0.2, 0.25) is 0 Å². The Morgan fingerprint density at radius 2 is 1.81 bits per heavy atom. The van der Waals surface area contributed by atoms with Gasteiger partial charge in [-0.05, 0) is 50.3 Å². The minimum Gasteiger partial charge on any atom is -0.337 e. The Morgan fingerprint density at radius 3 is 2.59 bits per heavy atom. The molecule has 6 nitrogen and oxygen atoms in total. The highest BCUT2D eigenvalue weighted by molar-refractivity contribution is 7.92. The summed E-state index contributed by atoms with van der Waals surface area (Å²) < 4.78 is 41.2. The average Bonchev–Trinajstić information content (AvgIpc) is 2.87. The molecule has 144 valence electrons. The van der Waals surface area contributed by atoms with Gasteiger partial charge >= 0.3 is 0 Å². The van der Waals surface area contributed by atoms with E-state index in [0.717, 1.165) is 19.5 Å². The molecule has 0 bridgehead atoms. The Bertz CT molecular complexity index is 933. The zero-order valence-corrected chi connectivity index (χ0v) is 15.9. The van der Waals surface area contributed by atoms with E-state index in [1.54, 1.807) is 11.0 Å². The number of amides is 1. The molecule has 0 unspecified atom stereocenters. The number of nitrogens with one attached hydrogen (secondary N) is 1. The fourth-order valence-electron chi connectivity index (χ4n) is 2.98. The number of hydrogen-bond acceptors (Lipinski definition) is 4. The Balaban J connectivity index is 1.82. The Labute approximate surface area is 158 Å². The number of anilines is 1. The summed E-state index contributed by atoms with van der Waals surface area (Å²) >= 11 is 0. The van der Waals surface area contributed by atoms with E-state index < -0.39 is 15.8 Å². The number of halogens is 1. The smallest absolute Gasteiger partial charge is 0.262 e. The van der Waals surface area contributed by atoms with Crippen molar-refractivity contribution in [3.8, 4) is 0 Å². The normalized spacial score (nSPS) is 16.0. The SMILES string of the molecule is CN1CCCN(C(=O)c2cccc(S(=O)(=O)Nc3ccccc3F)c2)CC1. The van der Waals surface area contributed by atoms with Crippen LogP contribution in [0.15, 0.2) is 53.4 Å². The van der Waals surface area contributed by atoms with Gasteiger partial charge in [-0.2, -0.15) is 0 Å². The number of sulfonamides is 1. The molecule has 27 heavy (non-hydrogen) atoms. The molecule has 1 amide bonds. The van der Waals surface area contributed by atoms with Crippen molar-refractivity contribution >= 4 is 21.6 Å². The predicted octanol–water partition coefficient (Wildman–Crippen LogP) is 2.40. The monoisotopic (exact) mass is 391 g/mol. The molecular formula is C19H22FN3O3S. The minimum absolute atomic E-state index is 0.0801. The lowest BCUT2D eigenvalue weighted by Gasteiger charge is -2.21. The van der Waals surface area contributed by atoms with Gasteiger partial charge in [0.25, 0.3) is 15.9 Å². The predicted molar refractivity (Wildman–Crippen MR) is 102 cm³/mol. The van der Waals surface area contributed by atoms with Gasteiger partial charge in [-0.3, -0.25) is 9.52 Å². The quantitative estimate of drug-likeness (QED) is 0.869. The van der Waals surface area contributed by atoms with E-state index in [9.17, 15) is 17.6 Å². The Morgan fingerprint density at radius 1 is 1.04 bits per heavy atom. The lowest BCUT2D eigenvalue weighted by molar-refractivity contribution is 0.0762. The van der Waals surface area contributed by atoms with Crippen molar-refractivity contribution in [1.29, 1.82) is 0 Å². The molecule has 1 N–H and O–H groups in total. The number of para-hydroxylation sites is 1. The lowest BCUT2D eigenvalue weighted by Crippen LogP contribution is -2.34. The molecule has 0 spiro atoms. The zero-order valence-electron chi connectivity index (χ0n) is 15.1. The summed E-state index contributed by atoms with van der Waals surface area (Å²) in [7, 11) is -2.00. The van der Waals surface area contributed by atoms with Crippen LogP contribution in [-0.4, -0.2) is 57.4 Å². The highest BCUT2D eigenvalue weighted by atomic mass is 32.2. The first-order valence-corrected chi connectivity index (χ1v) is 10.2. The van der Waals surface area contributed by atoms with Crippen LogP contribution in [0.25, 0.3) is 0 Å². The van der Waals surface area contributed by atoms with Gasteiger partial charge in [0, 0.05) is 25.2 Å². The van der Waals surface area contributed by atoms with Crippen LogP contribution >= 0.6 is 0 Å². The molecule has 0 aromatic heterocycles. The first kappa shape index (κ1) is 19.3. The minimum atomic E-state index is -4.01. The second-order valence-electron chi connectivity index (χ2n) is 6.56. The summed E-state index contributed by atoms with van der Waals surface area (Å²) in [4.78, 5) is 16.6. The van der Waals surface area contributed by atoms with Crippen LogP contribution in [-0.2, 0) is 10.0 Å². The largest absolute Gasteiger partial charge is 0.337 e. The van der Waals surface area contributed by atoms with Crippen LogP contribution in [0.4, 0.5) is 10.1 Å². The van der Waals surface area contributed by atoms with Crippen LogP contribution in [0.2, 0.25) is 0 Å². The van der Waals surface area contributed by atoms with Gasteiger partial charge < -0.3 is 9.80 Å². The molecule has 1 heterocycles. The van der Waals surface area contributed by atoms with E-state index >= 15 is 0 Å². The topological polar surface area (TPSA) is 69.7 Å². The maximum Gasteiger partial charge on any atom is 0.262 e. The van der Waals surface area contributed by atoms with E-state index in [4.69, 9.17) is 0 Å². The maximum absolute atomic E-state index is 13.8. The summed E-state index contributed by atoms with van der Waals surface area (Å²) in [5, 5.41) is 0. The van der Waals surface area contributed by atoms with Gasteiger partial charge in [-0.15, -0.1) is 0 Å². The molecule has 0 radical (unpaired) electrons. The highest BCUT2D eigenvalue weighted by Crippen LogP contribution is 2.20. The van der Waals surface area contributed by atoms with Crippen molar-refractivity contribution in [3.05, 3.63) is 59.9 Å². The van der Waals surface area contributed by atoms with Crippen molar-refractivity contribution in [2.24, 2.45) is 0 Å². The summed E-state index contributed by atoms with van der Waals surface area (Å²) in [5.41, 5.74) is 0.167. The summed E-state index contributed by atoms with van der Waals surface area (Å²) in [6.07, 6.45) is 0.870. The summed E-state index contributed by atoms with van der Waals surface area (Å²) in [5.74, 6) is -0.866. The van der Waals surface area contributed by atoms with Gasteiger partial charge in [0.1, 0.15) is 5.82 Å². The fraction of sp³-hybridized carbons (Fsp3) is 0.316. The molecule has 0 atom stereocenters. The molecule has 2 aromatic carbocycles. The highest BCUT2D eigenvalue weighted by Gasteiger charge is 2.22. The number of nitrogens with zero attached hydrogens (tertiary/aromatic N) is 2. The van der Waals surface area contributed by atoms with E-state index in [-0.39, 0.29) is 16.5 Å². The molecule has 1 saturated heterocycles. The van der Waals surface area contributed by atoms with E-state index in [1.165, 1.54) is 42.5 Å². The Hall–Kier alpha value is -2.45. The van der Waals surface area contributed by atoms with Crippen molar-refractivity contribution in [1.82, 2.24) is 9.80 Å². The molecule has 8 heteroatoms. The molecule has 1 aliphatic heterocycles. The van der Waals surface area contributed by atoms with Gasteiger partial charge in [-0.25, -0.2) is 12.8 Å². The van der Waals surface area contributed by atoms with Crippen LogP contribution in [0.3, 0.4) is 0 Å². The van der Waals surface area contributed by atoms with Crippen molar-refractivity contribution < 1.29 is 17.6 Å². The zero-order chi connectivity index (χ0) is 19.4. The third kappa shape index (κ3) is 4.64. The van der Waals surface area contributed by atoms with Crippen LogP contribution in [0, 0.1) is 5.82 Å². The summed E-state index contributed by atoms with van der Waals surface area (Å²) in [6, 6.07) is 11.4. The van der Waals surface area contributed by atoms with Gasteiger partial charge in [0.05, 0.1) is 10.6 Å². The van der Waals surface area contributed by atoms with Crippen molar-refractivity contribution in [2.45, 2.75) is 11.3 Å². The molecule has 0 saturated carbocycles. The second-order valence-corrected chi connectivity index (χ2v) is 8.24. The third-order valence-corrected chi connectivity index (χ3v) is 5.88. The standard InChI is InChI=1S/C19H22FN3O3S/c1-22-10-5-11-23(13-12-22)19(24)15-6-4-7-16(14-15)27(25,26)21-18-9-3-2-8-17(18)20/h2-4,6-9,14,21H,5,10-13H2,1H3. The van der Waals surface area contributed by atoms with E-state index in [2.05, 4.69) is 9.62 Å². The van der Waals surface area contributed by atoms with Crippen LogP contribution in [0.1, 0.15) is 16.8 Å². The third-order valence-electron chi connectivity index (χ3n) is 4.52. The number of hydrogen-bond donors (Lipinski definition) is 1. The van der Waals surface area contributed by atoms with E-state index in [1.807, 2.05) is 7.05 Å². The molecule has 1 fully saturated rings. The average molecular weight is 391 g/mol. The van der Waals surface area contributed by atoms with Crippen LogP contribution in [0.5, 0.6) is 0 Å². The Kier molecular flexibility index (Phi) is 5.76. The maximum atomic E-state index is 13.8. The molecule has 3 rings (SSSR count). The number of benzene rings is 2. The van der Waals surface area contributed by atoms with Crippen LogP contribution < -0.4 is 4.72 Å². The molecule has 2 aromatic rings. The lowest BCUT2D eigenvalue weighted by atomic mass is 10.2. The fourth-order valence-corrected chi connectivity index (χ4v) is 4.09. The van der Waals surface area contributed by atoms with Gasteiger partial charge in [-0.1, -0.05) is 18.2 Å².